The fraction of sp³-hybridized carbons (Fsp3) is 0.0455. The van der Waals surface area contributed by atoms with E-state index in [0.29, 0.717) is 5.56 Å². The highest BCUT2D eigenvalue weighted by atomic mass is 32.2. The predicted octanol–water partition coefficient (Wildman–Crippen LogP) is 4.55. The Labute approximate surface area is 156 Å². The molecule has 0 saturated carbocycles. The zero-order valence-electron chi connectivity index (χ0n) is 14.2. The number of hydrogen-bond donors (Lipinski definition) is 0. The average Bonchev–Trinajstić information content (AvgIpc) is 2.67. The fourth-order valence-corrected chi connectivity index (χ4v) is 4.72. The molecule has 1 aliphatic rings. The van der Waals surface area contributed by atoms with Crippen LogP contribution in [-0.4, -0.2) is 20.0 Å². The summed E-state index contributed by atoms with van der Waals surface area (Å²) in [5.74, 6) is -1.47. The average molecular weight is 378 g/mol. The molecule has 0 unspecified atom stereocenters. The minimum absolute atomic E-state index is 0.103. The van der Waals surface area contributed by atoms with Gasteiger partial charge in [-0.2, -0.15) is 0 Å². The number of fused-ring (bicyclic) bond motifs is 1. The smallest absolute Gasteiger partial charge is 0.191 e. The van der Waals surface area contributed by atoms with Gasteiger partial charge in [0.1, 0.15) is 5.82 Å². The minimum Gasteiger partial charge on any atom is -0.289 e. The standard InChI is InChI=1S/C22H15FO3S/c23-19-10-11-21-20(13-19)22(24)18(14-27(21,25)26)12-15-6-8-17(9-7-15)16-4-2-1-3-5-16/h1-13H,14H2/b18-12-. The molecule has 3 aromatic carbocycles. The summed E-state index contributed by atoms with van der Waals surface area (Å²) in [6.45, 7) is 0. The zero-order valence-corrected chi connectivity index (χ0v) is 15.0. The molecule has 3 nitrogen and oxygen atoms in total. The first-order valence-electron chi connectivity index (χ1n) is 8.37. The van der Waals surface area contributed by atoms with Crippen molar-refractivity contribution >= 4 is 21.7 Å². The first-order chi connectivity index (χ1) is 12.9. The van der Waals surface area contributed by atoms with E-state index < -0.39 is 21.4 Å². The molecule has 1 heterocycles. The maximum Gasteiger partial charge on any atom is 0.191 e. The van der Waals surface area contributed by atoms with Crippen LogP contribution in [0.5, 0.6) is 0 Å². The molecule has 1 aliphatic heterocycles. The Kier molecular flexibility index (Phi) is 4.24. The second-order valence-electron chi connectivity index (χ2n) is 6.39. The van der Waals surface area contributed by atoms with Crippen LogP contribution in [-0.2, 0) is 9.84 Å². The van der Waals surface area contributed by atoms with Gasteiger partial charge in [0.2, 0.25) is 0 Å². The molecule has 0 amide bonds. The van der Waals surface area contributed by atoms with Crippen LogP contribution in [0.25, 0.3) is 17.2 Å². The molecule has 0 aliphatic carbocycles. The third kappa shape index (κ3) is 3.34. The highest BCUT2D eigenvalue weighted by molar-refractivity contribution is 7.91. The van der Waals surface area contributed by atoms with Crippen molar-refractivity contribution in [2.75, 3.05) is 5.75 Å². The van der Waals surface area contributed by atoms with Gasteiger partial charge in [-0.05, 0) is 41.0 Å². The number of halogens is 1. The Balaban J connectivity index is 1.71. The number of rotatable bonds is 2. The molecule has 5 heteroatoms. The Morgan fingerprint density at radius 1 is 0.852 bits per heavy atom. The summed E-state index contributed by atoms with van der Waals surface area (Å²) in [5, 5.41) is 0. The number of carbonyl (C=O) groups excluding carboxylic acids is 1. The molecule has 0 saturated heterocycles. The molecular weight excluding hydrogens is 363 g/mol. The lowest BCUT2D eigenvalue weighted by molar-refractivity contribution is 0.103. The number of benzene rings is 3. The lowest BCUT2D eigenvalue weighted by atomic mass is 9.99. The van der Waals surface area contributed by atoms with E-state index in [9.17, 15) is 17.6 Å². The van der Waals surface area contributed by atoms with Crippen molar-refractivity contribution in [2.45, 2.75) is 4.90 Å². The summed E-state index contributed by atoms with van der Waals surface area (Å²) in [6, 6.07) is 20.5. The Morgan fingerprint density at radius 3 is 2.22 bits per heavy atom. The van der Waals surface area contributed by atoms with E-state index in [1.54, 1.807) is 6.08 Å². The molecule has 0 radical (unpaired) electrons. The Hall–Kier alpha value is -3.05. The lowest BCUT2D eigenvalue weighted by Gasteiger charge is -2.18. The van der Waals surface area contributed by atoms with Crippen LogP contribution >= 0.6 is 0 Å². The molecule has 0 aromatic heterocycles. The maximum atomic E-state index is 13.5. The van der Waals surface area contributed by atoms with Crippen molar-refractivity contribution in [3.63, 3.8) is 0 Å². The molecule has 4 rings (SSSR count). The second-order valence-corrected chi connectivity index (χ2v) is 8.34. The first-order valence-corrected chi connectivity index (χ1v) is 10.0. The normalized spacial score (nSPS) is 16.9. The number of hydrogen-bond acceptors (Lipinski definition) is 3. The molecule has 0 N–H and O–H groups in total. The van der Waals surface area contributed by atoms with Crippen LogP contribution in [0.15, 0.2) is 83.3 Å². The number of Topliss-reactive ketones (excluding diaryl/α,β-unsaturated/α-hetero) is 1. The molecule has 134 valence electrons. The maximum absolute atomic E-state index is 13.5. The summed E-state index contributed by atoms with van der Waals surface area (Å²) in [5.41, 5.74) is 2.84. The van der Waals surface area contributed by atoms with E-state index >= 15 is 0 Å². The summed E-state index contributed by atoms with van der Waals surface area (Å²) in [7, 11) is -3.67. The first kappa shape index (κ1) is 17.4. The molecule has 3 aromatic rings. The molecule has 0 bridgehead atoms. The van der Waals surface area contributed by atoms with Crippen molar-refractivity contribution in [1.82, 2.24) is 0 Å². The van der Waals surface area contributed by atoms with Crippen molar-refractivity contribution in [2.24, 2.45) is 0 Å². The predicted molar refractivity (Wildman–Crippen MR) is 103 cm³/mol. The SMILES string of the molecule is O=C1/C(=C\c2ccc(-c3ccccc3)cc2)CS(=O)(=O)c2ccc(F)cc21. The van der Waals surface area contributed by atoms with Gasteiger partial charge in [-0.3, -0.25) is 4.79 Å². The second kappa shape index (κ2) is 6.59. The summed E-state index contributed by atoms with van der Waals surface area (Å²) >= 11 is 0. The van der Waals surface area contributed by atoms with Gasteiger partial charge in [0.05, 0.1) is 10.6 Å². The van der Waals surface area contributed by atoms with Crippen molar-refractivity contribution < 1.29 is 17.6 Å². The lowest BCUT2D eigenvalue weighted by Crippen LogP contribution is -2.24. The van der Waals surface area contributed by atoms with Crippen LogP contribution in [0.3, 0.4) is 0 Å². The van der Waals surface area contributed by atoms with Crippen LogP contribution in [0.1, 0.15) is 15.9 Å². The molecule has 27 heavy (non-hydrogen) atoms. The van der Waals surface area contributed by atoms with Gasteiger partial charge < -0.3 is 0 Å². The molecule has 0 spiro atoms. The van der Waals surface area contributed by atoms with E-state index in [2.05, 4.69) is 0 Å². The van der Waals surface area contributed by atoms with E-state index in [0.717, 1.165) is 29.3 Å². The van der Waals surface area contributed by atoms with E-state index in [1.807, 2.05) is 54.6 Å². The van der Waals surface area contributed by atoms with Gasteiger partial charge in [0.25, 0.3) is 0 Å². The van der Waals surface area contributed by atoms with E-state index in [4.69, 9.17) is 0 Å². The third-order valence-corrected chi connectivity index (χ3v) is 6.23. The number of carbonyl (C=O) groups is 1. The summed E-state index contributed by atoms with van der Waals surface area (Å²) in [6.07, 6.45) is 1.56. The Bertz CT molecular complexity index is 1160. The van der Waals surface area contributed by atoms with Crippen molar-refractivity contribution in [3.05, 3.63) is 95.3 Å². The minimum atomic E-state index is -3.67. The largest absolute Gasteiger partial charge is 0.289 e. The van der Waals surface area contributed by atoms with Gasteiger partial charge in [0, 0.05) is 11.1 Å². The van der Waals surface area contributed by atoms with E-state index in [-0.39, 0.29) is 21.8 Å². The van der Waals surface area contributed by atoms with Crippen LogP contribution in [0.4, 0.5) is 4.39 Å². The Morgan fingerprint density at radius 2 is 1.52 bits per heavy atom. The quantitative estimate of drug-likeness (QED) is 0.486. The number of sulfone groups is 1. The van der Waals surface area contributed by atoms with Gasteiger partial charge in [-0.1, -0.05) is 54.6 Å². The van der Waals surface area contributed by atoms with E-state index in [1.165, 1.54) is 0 Å². The van der Waals surface area contributed by atoms with Crippen LogP contribution in [0, 0.1) is 5.82 Å². The fourth-order valence-electron chi connectivity index (χ4n) is 3.18. The van der Waals surface area contributed by atoms with Crippen LogP contribution in [0.2, 0.25) is 0 Å². The zero-order chi connectivity index (χ0) is 19.0. The summed E-state index contributed by atoms with van der Waals surface area (Å²) < 4.78 is 38.4. The highest BCUT2D eigenvalue weighted by Crippen LogP contribution is 2.30. The monoisotopic (exact) mass is 378 g/mol. The van der Waals surface area contributed by atoms with Gasteiger partial charge in [-0.25, -0.2) is 12.8 Å². The van der Waals surface area contributed by atoms with Crippen molar-refractivity contribution in [3.8, 4) is 11.1 Å². The van der Waals surface area contributed by atoms with Gasteiger partial charge in [0.15, 0.2) is 15.6 Å². The topological polar surface area (TPSA) is 51.2 Å². The molecule has 0 fully saturated rings. The van der Waals surface area contributed by atoms with Gasteiger partial charge in [-0.15, -0.1) is 0 Å². The van der Waals surface area contributed by atoms with Crippen LogP contribution < -0.4 is 0 Å². The highest BCUT2D eigenvalue weighted by Gasteiger charge is 2.32. The van der Waals surface area contributed by atoms with Gasteiger partial charge >= 0.3 is 0 Å². The molecule has 0 atom stereocenters. The summed E-state index contributed by atoms with van der Waals surface area (Å²) in [4.78, 5) is 12.5. The van der Waals surface area contributed by atoms with Crippen molar-refractivity contribution in [1.29, 1.82) is 0 Å². The third-order valence-electron chi connectivity index (χ3n) is 4.52. The number of ketones is 1. The molecular formula is C22H15FO3S.